The van der Waals surface area contributed by atoms with Crippen molar-refractivity contribution in [2.45, 2.75) is 13.0 Å². The van der Waals surface area contributed by atoms with Gasteiger partial charge in [0, 0.05) is 19.6 Å². The zero-order chi connectivity index (χ0) is 8.27. The number of rotatable bonds is 2. The van der Waals surface area contributed by atoms with Crippen LogP contribution in [-0.2, 0) is 4.79 Å². The Morgan fingerprint density at radius 3 is 3.09 bits per heavy atom. The minimum absolute atomic E-state index is 0.274. The van der Waals surface area contributed by atoms with Crippen molar-refractivity contribution in [3.05, 3.63) is 0 Å². The van der Waals surface area contributed by atoms with Gasteiger partial charge in [0.25, 0.3) is 0 Å². The maximum Gasteiger partial charge on any atom is 0.237 e. The van der Waals surface area contributed by atoms with E-state index in [0.29, 0.717) is 6.54 Å². The molecule has 0 bridgehead atoms. The molecule has 1 aliphatic rings. The monoisotopic (exact) mass is 156 g/mol. The van der Waals surface area contributed by atoms with E-state index in [1.807, 2.05) is 0 Å². The Bertz CT molecular complexity index is 149. The van der Waals surface area contributed by atoms with Crippen molar-refractivity contribution >= 4 is 5.91 Å². The van der Waals surface area contributed by atoms with Crippen LogP contribution >= 0.6 is 0 Å². The van der Waals surface area contributed by atoms with Gasteiger partial charge < -0.3 is 10.6 Å². The highest BCUT2D eigenvalue weighted by Crippen LogP contribution is 1.98. The summed E-state index contributed by atoms with van der Waals surface area (Å²) < 4.78 is 0. The normalized spacial score (nSPS) is 26.8. The third kappa shape index (κ3) is 2.17. The number of likely N-dealkylation sites (N-methyl/N-ethyl adjacent to an activating group) is 1. The molecule has 1 saturated heterocycles. The van der Waals surface area contributed by atoms with E-state index in [0.717, 1.165) is 19.6 Å². The number of primary amides is 1. The van der Waals surface area contributed by atoms with Crippen molar-refractivity contribution < 1.29 is 4.79 Å². The number of amides is 1. The van der Waals surface area contributed by atoms with Crippen molar-refractivity contribution in [3.63, 3.8) is 0 Å². The number of hydrogen-bond acceptors (Lipinski definition) is 2. The highest BCUT2D eigenvalue weighted by molar-refractivity contribution is 5.80. The lowest BCUT2D eigenvalue weighted by Crippen LogP contribution is -2.52. The fourth-order valence-electron chi connectivity index (χ4n) is 1.22. The number of carbonyl (C=O) groups excluding carboxylic acids is 1. The molecule has 1 radical (unpaired) electrons. The van der Waals surface area contributed by atoms with E-state index in [1.165, 1.54) is 0 Å². The van der Waals surface area contributed by atoms with E-state index < -0.39 is 0 Å². The van der Waals surface area contributed by atoms with Crippen molar-refractivity contribution in [1.82, 2.24) is 10.2 Å². The summed E-state index contributed by atoms with van der Waals surface area (Å²) in [6, 6.07) is -0.274. The Balaban J connectivity index is 2.39. The molecule has 1 atom stereocenters. The van der Waals surface area contributed by atoms with Crippen molar-refractivity contribution in [2.24, 2.45) is 5.73 Å². The quantitative estimate of drug-likeness (QED) is 0.545. The van der Waals surface area contributed by atoms with Crippen LogP contribution in [0, 0.1) is 0 Å². The summed E-state index contributed by atoms with van der Waals surface area (Å²) >= 11 is 0. The van der Waals surface area contributed by atoms with E-state index in [1.54, 1.807) is 0 Å². The lowest BCUT2D eigenvalue weighted by molar-refractivity contribution is -0.121. The molecule has 1 fully saturated rings. The lowest BCUT2D eigenvalue weighted by Gasteiger charge is -2.29. The summed E-state index contributed by atoms with van der Waals surface area (Å²) in [6.07, 6.45) is 0. The summed E-state index contributed by atoms with van der Waals surface area (Å²) in [7, 11) is 0. The first-order chi connectivity index (χ1) is 5.24. The number of hydrogen-bond donors (Lipinski definition) is 1. The first-order valence-corrected chi connectivity index (χ1v) is 3.92. The average molecular weight is 156 g/mol. The van der Waals surface area contributed by atoms with Crippen LogP contribution < -0.4 is 11.1 Å². The van der Waals surface area contributed by atoms with E-state index in [9.17, 15) is 4.79 Å². The van der Waals surface area contributed by atoms with Gasteiger partial charge in [-0.05, 0) is 6.54 Å². The molecule has 11 heavy (non-hydrogen) atoms. The first-order valence-electron chi connectivity index (χ1n) is 3.92. The van der Waals surface area contributed by atoms with E-state index in [4.69, 9.17) is 5.73 Å². The molecule has 0 aromatic rings. The Labute approximate surface area is 66.7 Å². The second-order valence-electron chi connectivity index (χ2n) is 2.72. The SMILES string of the molecule is CCN1CC[N]C(C(N)=O)C1. The van der Waals surface area contributed by atoms with Crippen LogP contribution in [0.4, 0.5) is 0 Å². The van der Waals surface area contributed by atoms with Crippen LogP contribution in [0.5, 0.6) is 0 Å². The molecule has 1 amide bonds. The Morgan fingerprint density at radius 1 is 1.82 bits per heavy atom. The van der Waals surface area contributed by atoms with Crippen LogP contribution in [0.15, 0.2) is 0 Å². The number of nitrogens with two attached hydrogens (primary N) is 1. The summed E-state index contributed by atoms with van der Waals surface area (Å²) in [5, 5.41) is 4.11. The fourth-order valence-corrected chi connectivity index (χ4v) is 1.22. The topological polar surface area (TPSA) is 60.4 Å². The molecule has 0 aliphatic carbocycles. The molecule has 63 valence electrons. The standard InChI is InChI=1S/C7H14N3O/c1-2-10-4-3-9-6(5-10)7(8)11/h6H,2-5H2,1H3,(H2,8,11). The van der Waals surface area contributed by atoms with Crippen molar-refractivity contribution in [1.29, 1.82) is 0 Å². The highest BCUT2D eigenvalue weighted by Gasteiger charge is 2.22. The fraction of sp³-hybridized carbons (Fsp3) is 0.857. The number of carbonyl (C=O) groups is 1. The van der Waals surface area contributed by atoms with Gasteiger partial charge in [-0.1, -0.05) is 6.92 Å². The molecule has 0 aromatic carbocycles. The van der Waals surface area contributed by atoms with Crippen molar-refractivity contribution in [2.75, 3.05) is 26.2 Å². The van der Waals surface area contributed by atoms with Crippen LogP contribution in [-0.4, -0.2) is 43.0 Å². The molecule has 1 aliphatic heterocycles. The maximum atomic E-state index is 10.7. The van der Waals surface area contributed by atoms with Gasteiger partial charge in [-0.25, -0.2) is 5.32 Å². The van der Waals surface area contributed by atoms with Gasteiger partial charge in [-0.15, -0.1) is 0 Å². The minimum atomic E-state index is -0.303. The van der Waals surface area contributed by atoms with Crippen LogP contribution in [0.2, 0.25) is 0 Å². The summed E-state index contributed by atoms with van der Waals surface area (Å²) in [5.41, 5.74) is 5.12. The van der Waals surface area contributed by atoms with Gasteiger partial charge in [0.15, 0.2) is 0 Å². The first kappa shape index (κ1) is 8.49. The minimum Gasteiger partial charge on any atom is -0.368 e. The maximum absolute atomic E-state index is 10.7. The van der Waals surface area contributed by atoms with Gasteiger partial charge in [0.2, 0.25) is 5.91 Å². The third-order valence-corrected chi connectivity index (χ3v) is 1.97. The molecular weight excluding hydrogens is 142 g/mol. The Hall–Kier alpha value is -0.610. The predicted octanol–water partition coefficient (Wildman–Crippen LogP) is -1.22. The van der Waals surface area contributed by atoms with Crippen LogP contribution in [0.3, 0.4) is 0 Å². The van der Waals surface area contributed by atoms with Gasteiger partial charge in [-0.3, -0.25) is 4.79 Å². The lowest BCUT2D eigenvalue weighted by atomic mass is 10.2. The Morgan fingerprint density at radius 2 is 2.55 bits per heavy atom. The van der Waals surface area contributed by atoms with Crippen LogP contribution in [0.1, 0.15) is 6.92 Å². The second kappa shape index (κ2) is 3.69. The summed E-state index contributed by atoms with van der Waals surface area (Å²) in [6.45, 7) is 5.44. The number of nitrogens with zero attached hydrogens (tertiary/aromatic N) is 2. The molecule has 4 heteroatoms. The number of piperazine rings is 1. The zero-order valence-electron chi connectivity index (χ0n) is 6.79. The molecule has 1 unspecified atom stereocenters. The van der Waals surface area contributed by atoms with Crippen LogP contribution in [0.25, 0.3) is 0 Å². The molecule has 1 rings (SSSR count). The van der Waals surface area contributed by atoms with E-state index in [-0.39, 0.29) is 11.9 Å². The molecule has 0 aromatic heterocycles. The molecule has 0 saturated carbocycles. The smallest absolute Gasteiger partial charge is 0.237 e. The van der Waals surface area contributed by atoms with Gasteiger partial charge >= 0.3 is 0 Å². The summed E-state index contributed by atoms with van der Waals surface area (Å²) in [4.78, 5) is 12.9. The van der Waals surface area contributed by atoms with E-state index >= 15 is 0 Å². The van der Waals surface area contributed by atoms with E-state index in [2.05, 4.69) is 17.1 Å². The van der Waals surface area contributed by atoms with Gasteiger partial charge in [-0.2, -0.15) is 0 Å². The molecule has 1 heterocycles. The molecular formula is C7H14N3O. The summed E-state index contributed by atoms with van der Waals surface area (Å²) in [5.74, 6) is -0.303. The van der Waals surface area contributed by atoms with Crippen molar-refractivity contribution in [3.8, 4) is 0 Å². The molecule has 2 N–H and O–H groups in total. The zero-order valence-corrected chi connectivity index (χ0v) is 6.79. The van der Waals surface area contributed by atoms with Gasteiger partial charge in [0.05, 0.1) is 0 Å². The molecule has 4 nitrogen and oxygen atoms in total. The Kier molecular flexibility index (Phi) is 2.84. The average Bonchev–Trinajstić information content (AvgIpc) is 2.05. The largest absolute Gasteiger partial charge is 0.368 e. The predicted molar refractivity (Wildman–Crippen MR) is 42.1 cm³/mol. The van der Waals surface area contributed by atoms with Gasteiger partial charge in [0.1, 0.15) is 6.04 Å². The third-order valence-electron chi connectivity index (χ3n) is 1.97. The molecule has 0 spiro atoms. The second-order valence-corrected chi connectivity index (χ2v) is 2.72. The highest BCUT2D eigenvalue weighted by atomic mass is 16.1.